The zero-order valence-electron chi connectivity index (χ0n) is 13.7. The molecule has 0 saturated carbocycles. The second-order valence-electron chi connectivity index (χ2n) is 6.39. The van der Waals surface area contributed by atoms with Gasteiger partial charge in [0.05, 0.1) is 0 Å². The van der Waals surface area contributed by atoms with Crippen molar-refractivity contribution >= 4 is 5.91 Å². The Kier molecular flexibility index (Phi) is 5.13. The third-order valence-corrected chi connectivity index (χ3v) is 4.67. The molecular formula is C19H25N3O. The lowest BCUT2D eigenvalue weighted by Gasteiger charge is -2.32. The average Bonchev–Trinajstić information content (AvgIpc) is 3.07. The molecule has 4 heteroatoms. The first kappa shape index (κ1) is 15.8. The van der Waals surface area contributed by atoms with Gasteiger partial charge in [-0.25, -0.2) is 0 Å². The van der Waals surface area contributed by atoms with Gasteiger partial charge in [-0.3, -0.25) is 4.79 Å². The molecule has 0 radical (unpaired) electrons. The minimum Gasteiger partial charge on any atom is -0.350 e. The molecule has 0 aliphatic carbocycles. The van der Waals surface area contributed by atoms with Crippen LogP contribution < -0.4 is 5.32 Å². The lowest BCUT2D eigenvalue weighted by molar-refractivity contribution is 0.0928. The molecule has 0 spiro atoms. The SMILES string of the molecule is CN1CCCCC1CNC(=O)c1ccc(Cn2cccc2)cc1. The first-order valence-electron chi connectivity index (χ1n) is 8.40. The number of nitrogens with one attached hydrogen (secondary N) is 1. The Labute approximate surface area is 138 Å². The standard InChI is InChI=1S/C19H25N3O/c1-21-11-3-2-6-18(21)14-20-19(23)17-9-7-16(8-10-17)15-22-12-4-5-13-22/h4-5,7-10,12-13,18H,2-3,6,11,14-15H2,1H3,(H,20,23). The Morgan fingerprint density at radius 3 is 2.61 bits per heavy atom. The molecule has 1 N–H and O–H groups in total. The van der Waals surface area contributed by atoms with Crippen molar-refractivity contribution < 1.29 is 4.79 Å². The molecule has 1 aromatic heterocycles. The number of amides is 1. The average molecular weight is 311 g/mol. The van der Waals surface area contributed by atoms with Gasteiger partial charge in [-0.2, -0.15) is 0 Å². The van der Waals surface area contributed by atoms with E-state index in [4.69, 9.17) is 0 Å². The van der Waals surface area contributed by atoms with Crippen molar-refractivity contribution in [2.75, 3.05) is 20.1 Å². The molecule has 1 amide bonds. The lowest BCUT2D eigenvalue weighted by Crippen LogP contribution is -2.44. The van der Waals surface area contributed by atoms with Crippen LogP contribution in [0.25, 0.3) is 0 Å². The predicted molar refractivity (Wildman–Crippen MR) is 92.6 cm³/mol. The summed E-state index contributed by atoms with van der Waals surface area (Å²) < 4.78 is 2.12. The van der Waals surface area contributed by atoms with Crippen molar-refractivity contribution in [3.05, 3.63) is 59.9 Å². The molecule has 23 heavy (non-hydrogen) atoms. The topological polar surface area (TPSA) is 37.3 Å². The summed E-state index contributed by atoms with van der Waals surface area (Å²) >= 11 is 0. The molecule has 1 atom stereocenters. The number of rotatable bonds is 5. The maximum absolute atomic E-state index is 12.3. The smallest absolute Gasteiger partial charge is 0.251 e. The van der Waals surface area contributed by atoms with Crippen molar-refractivity contribution in [1.82, 2.24) is 14.8 Å². The molecule has 0 bridgehead atoms. The van der Waals surface area contributed by atoms with E-state index in [-0.39, 0.29) is 5.91 Å². The van der Waals surface area contributed by atoms with Crippen LogP contribution in [0.15, 0.2) is 48.8 Å². The lowest BCUT2D eigenvalue weighted by atomic mass is 10.0. The summed E-state index contributed by atoms with van der Waals surface area (Å²) in [5.41, 5.74) is 1.93. The van der Waals surface area contributed by atoms with Gasteiger partial charge >= 0.3 is 0 Å². The van der Waals surface area contributed by atoms with E-state index < -0.39 is 0 Å². The first-order valence-corrected chi connectivity index (χ1v) is 8.40. The fourth-order valence-corrected chi connectivity index (χ4v) is 3.16. The first-order chi connectivity index (χ1) is 11.2. The van der Waals surface area contributed by atoms with E-state index >= 15 is 0 Å². The minimum absolute atomic E-state index is 0.0245. The van der Waals surface area contributed by atoms with E-state index in [0.717, 1.165) is 25.2 Å². The van der Waals surface area contributed by atoms with Crippen LogP contribution >= 0.6 is 0 Å². The van der Waals surface area contributed by atoms with Crippen LogP contribution in [0.2, 0.25) is 0 Å². The highest BCUT2D eigenvalue weighted by Crippen LogP contribution is 2.14. The maximum atomic E-state index is 12.3. The molecule has 1 aromatic carbocycles. The molecule has 1 unspecified atom stereocenters. The molecule has 122 valence electrons. The number of benzene rings is 1. The normalized spacial score (nSPS) is 18.7. The zero-order valence-corrected chi connectivity index (χ0v) is 13.7. The summed E-state index contributed by atoms with van der Waals surface area (Å²) in [7, 11) is 2.14. The molecule has 3 rings (SSSR count). The van der Waals surface area contributed by atoms with E-state index in [1.165, 1.54) is 24.8 Å². The fraction of sp³-hybridized carbons (Fsp3) is 0.421. The molecule has 4 nitrogen and oxygen atoms in total. The summed E-state index contributed by atoms with van der Waals surface area (Å²) in [6.07, 6.45) is 7.79. The van der Waals surface area contributed by atoms with Gasteiger partial charge in [-0.05, 0) is 56.3 Å². The number of carbonyl (C=O) groups is 1. The van der Waals surface area contributed by atoms with Gasteiger partial charge in [-0.15, -0.1) is 0 Å². The maximum Gasteiger partial charge on any atom is 0.251 e. The number of nitrogens with zero attached hydrogens (tertiary/aromatic N) is 2. The van der Waals surface area contributed by atoms with E-state index in [9.17, 15) is 4.79 Å². The van der Waals surface area contributed by atoms with E-state index in [0.29, 0.717) is 6.04 Å². The van der Waals surface area contributed by atoms with Crippen LogP contribution in [0.1, 0.15) is 35.2 Å². The van der Waals surface area contributed by atoms with Gasteiger partial charge in [0.15, 0.2) is 0 Å². The van der Waals surface area contributed by atoms with Crippen molar-refractivity contribution in [2.24, 2.45) is 0 Å². The van der Waals surface area contributed by atoms with Gasteiger partial charge in [-0.1, -0.05) is 18.6 Å². The third kappa shape index (κ3) is 4.23. The highest BCUT2D eigenvalue weighted by atomic mass is 16.1. The number of hydrogen-bond acceptors (Lipinski definition) is 2. The van der Waals surface area contributed by atoms with Crippen molar-refractivity contribution in [2.45, 2.75) is 31.8 Å². The second kappa shape index (κ2) is 7.47. The summed E-state index contributed by atoms with van der Waals surface area (Å²) in [5.74, 6) is 0.0245. The van der Waals surface area contributed by atoms with Gasteiger partial charge < -0.3 is 14.8 Å². The number of likely N-dealkylation sites (tertiary alicyclic amines) is 1. The highest BCUT2D eigenvalue weighted by Gasteiger charge is 2.19. The van der Waals surface area contributed by atoms with Crippen LogP contribution in [0.5, 0.6) is 0 Å². The Balaban J connectivity index is 1.53. The number of hydrogen-bond donors (Lipinski definition) is 1. The third-order valence-electron chi connectivity index (χ3n) is 4.67. The van der Waals surface area contributed by atoms with E-state index in [1.807, 2.05) is 48.8 Å². The predicted octanol–water partition coefficient (Wildman–Crippen LogP) is 2.75. The number of carbonyl (C=O) groups excluding carboxylic acids is 1. The van der Waals surface area contributed by atoms with Gasteiger partial charge in [0.25, 0.3) is 5.91 Å². The number of likely N-dealkylation sites (N-methyl/N-ethyl adjacent to an activating group) is 1. The Hall–Kier alpha value is -2.07. The Bertz CT molecular complexity index is 619. The van der Waals surface area contributed by atoms with Crippen LogP contribution in [0.4, 0.5) is 0 Å². The van der Waals surface area contributed by atoms with Gasteiger partial charge in [0.1, 0.15) is 0 Å². The quantitative estimate of drug-likeness (QED) is 0.922. The Morgan fingerprint density at radius 2 is 1.91 bits per heavy atom. The van der Waals surface area contributed by atoms with Crippen LogP contribution in [-0.4, -0.2) is 41.6 Å². The summed E-state index contributed by atoms with van der Waals surface area (Å²) in [6, 6.07) is 12.4. The van der Waals surface area contributed by atoms with Crippen molar-refractivity contribution in [3.8, 4) is 0 Å². The zero-order chi connectivity index (χ0) is 16.1. The number of piperidine rings is 1. The molecular weight excluding hydrogens is 286 g/mol. The summed E-state index contributed by atoms with van der Waals surface area (Å²) in [6.45, 7) is 2.71. The molecule has 2 heterocycles. The molecule has 1 saturated heterocycles. The van der Waals surface area contributed by atoms with Gasteiger partial charge in [0.2, 0.25) is 0 Å². The fourth-order valence-electron chi connectivity index (χ4n) is 3.16. The molecule has 2 aromatic rings. The Morgan fingerprint density at radius 1 is 1.17 bits per heavy atom. The number of aromatic nitrogens is 1. The largest absolute Gasteiger partial charge is 0.350 e. The molecule has 1 aliphatic rings. The van der Waals surface area contributed by atoms with Crippen molar-refractivity contribution in [1.29, 1.82) is 0 Å². The monoisotopic (exact) mass is 311 g/mol. The summed E-state index contributed by atoms with van der Waals surface area (Å²) in [4.78, 5) is 14.6. The van der Waals surface area contributed by atoms with E-state index in [1.54, 1.807) is 0 Å². The van der Waals surface area contributed by atoms with E-state index in [2.05, 4.69) is 21.8 Å². The van der Waals surface area contributed by atoms with Crippen LogP contribution in [-0.2, 0) is 6.54 Å². The van der Waals surface area contributed by atoms with Gasteiger partial charge in [0, 0.05) is 37.1 Å². The van der Waals surface area contributed by atoms with Crippen molar-refractivity contribution in [3.63, 3.8) is 0 Å². The van der Waals surface area contributed by atoms with Crippen LogP contribution in [0.3, 0.4) is 0 Å². The summed E-state index contributed by atoms with van der Waals surface area (Å²) in [5, 5.41) is 3.08. The molecule has 1 fully saturated rings. The minimum atomic E-state index is 0.0245. The highest BCUT2D eigenvalue weighted by molar-refractivity contribution is 5.94. The molecule has 1 aliphatic heterocycles. The second-order valence-corrected chi connectivity index (χ2v) is 6.39. The van der Waals surface area contributed by atoms with Crippen LogP contribution in [0, 0.1) is 0 Å².